The van der Waals surface area contributed by atoms with Crippen LogP contribution >= 0.6 is 0 Å². The number of carbonyl (C=O) groups is 1. The first-order chi connectivity index (χ1) is 11.1. The number of furan rings is 1. The number of aromatic nitrogens is 1. The van der Waals surface area contributed by atoms with Gasteiger partial charge in [0.15, 0.2) is 0 Å². The molecule has 23 heavy (non-hydrogen) atoms. The van der Waals surface area contributed by atoms with E-state index >= 15 is 0 Å². The van der Waals surface area contributed by atoms with Gasteiger partial charge in [-0.2, -0.15) is 0 Å². The van der Waals surface area contributed by atoms with Crippen LogP contribution in [0.25, 0.3) is 10.9 Å². The molecule has 1 amide bonds. The highest BCUT2D eigenvalue weighted by Gasteiger charge is 2.31. The highest BCUT2D eigenvalue weighted by Crippen LogP contribution is 2.31. The van der Waals surface area contributed by atoms with Crippen LogP contribution in [-0.2, 0) is 0 Å². The number of fused-ring (bicyclic) bond motifs is 1. The van der Waals surface area contributed by atoms with Crippen LogP contribution in [0.5, 0.6) is 0 Å². The van der Waals surface area contributed by atoms with Gasteiger partial charge in [-0.25, -0.2) is 4.39 Å². The van der Waals surface area contributed by atoms with Gasteiger partial charge < -0.3 is 14.3 Å². The van der Waals surface area contributed by atoms with Gasteiger partial charge in [-0.3, -0.25) is 4.79 Å². The van der Waals surface area contributed by atoms with E-state index in [9.17, 15) is 9.18 Å². The lowest BCUT2D eigenvalue weighted by Gasteiger charge is -2.16. The minimum Gasteiger partial charge on any atom is -0.469 e. The minimum absolute atomic E-state index is 0.0478. The molecule has 1 atom stereocenters. The summed E-state index contributed by atoms with van der Waals surface area (Å²) < 4.78 is 19.0. The summed E-state index contributed by atoms with van der Waals surface area (Å²) in [6.07, 6.45) is 2.54. The van der Waals surface area contributed by atoms with Crippen molar-refractivity contribution in [1.82, 2.24) is 9.88 Å². The molecule has 1 N–H and O–H groups in total. The third-order valence-electron chi connectivity index (χ3n) is 4.58. The maximum atomic E-state index is 13.6. The third-order valence-corrected chi connectivity index (χ3v) is 4.58. The van der Waals surface area contributed by atoms with Crippen LogP contribution in [0, 0.1) is 12.7 Å². The van der Waals surface area contributed by atoms with E-state index in [0.717, 1.165) is 23.4 Å². The fourth-order valence-corrected chi connectivity index (χ4v) is 3.43. The molecule has 1 aromatic carbocycles. The molecule has 5 heteroatoms. The van der Waals surface area contributed by atoms with E-state index in [1.54, 1.807) is 12.3 Å². The normalized spacial score (nSPS) is 18.0. The zero-order chi connectivity index (χ0) is 16.0. The average Bonchev–Trinajstić information content (AvgIpc) is 3.25. The third kappa shape index (κ3) is 2.32. The van der Waals surface area contributed by atoms with Crippen molar-refractivity contribution in [3.63, 3.8) is 0 Å². The van der Waals surface area contributed by atoms with E-state index in [0.29, 0.717) is 24.0 Å². The maximum absolute atomic E-state index is 13.6. The molecular formula is C18H17FN2O2. The van der Waals surface area contributed by atoms with Crippen molar-refractivity contribution in [2.24, 2.45) is 0 Å². The van der Waals surface area contributed by atoms with E-state index in [1.165, 1.54) is 12.1 Å². The largest absolute Gasteiger partial charge is 0.469 e. The predicted molar refractivity (Wildman–Crippen MR) is 85.0 cm³/mol. The van der Waals surface area contributed by atoms with Crippen LogP contribution in [0.1, 0.15) is 34.2 Å². The van der Waals surface area contributed by atoms with Crippen LogP contribution in [0.2, 0.25) is 0 Å². The number of aromatic amines is 1. The van der Waals surface area contributed by atoms with E-state index in [2.05, 4.69) is 4.98 Å². The highest BCUT2D eigenvalue weighted by molar-refractivity contribution is 6.08. The van der Waals surface area contributed by atoms with Crippen molar-refractivity contribution in [2.45, 2.75) is 19.3 Å². The molecule has 0 radical (unpaired) electrons. The molecule has 2 aromatic heterocycles. The molecule has 3 aromatic rings. The molecule has 118 valence electrons. The average molecular weight is 312 g/mol. The summed E-state index contributed by atoms with van der Waals surface area (Å²) in [5.41, 5.74) is 2.13. The number of carbonyl (C=O) groups excluding carboxylic acids is 1. The summed E-state index contributed by atoms with van der Waals surface area (Å²) in [5, 5.41) is 0.647. The lowest BCUT2D eigenvalue weighted by molar-refractivity contribution is 0.0791. The second-order valence-electron chi connectivity index (χ2n) is 6.07. The smallest absolute Gasteiger partial charge is 0.256 e. The highest BCUT2D eigenvalue weighted by atomic mass is 19.1. The topological polar surface area (TPSA) is 49.2 Å². The Balaban J connectivity index is 1.65. The molecule has 1 aliphatic heterocycles. The number of halogens is 1. The molecule has 1 aliphatic rings. The van der Waals surface area contributed by atoms with Crippen LogP contribution in [0.4, 0.5) is 4.39 Å². The van der Waals surface area contributed by atoms with Gasteiger partial charge >= 0.3 is 0 Å². The van der Waals surface area contributed by atoms with Gasteiger partial charge in [0.25, 0.3) is 5.91 Å². The summed E-state index contributed by atoms with van der Waals surface area (Å²) in [4.78, 5) is 17.9. The van der Waals surface area contributed by atoms with Gasteiger partial charge in [-0.15, -0.1) is 0 Å². The fourth-order valence-electron chi connectivity index (χ4n) is 3.43. The number of nitrogens with one attached hydrogen (secondary N) is 1. The van der Waals surface area contributed by atoms with Crippen molar-refractivity contribution < 1.29 is 13.6 Å². The molecule has 0 bridgehead atoms. The van der Waals surface area contributed by atoms with Crippen molar-refractivity contribution in [3.05, 3.63) is 59.4 Å². The van der Waals surface area contributed by atoms with Crippen LogP contribution in [0.15, 0.2) is 41.0 Å². The number of likely N-dealkylation sites (tertiary alicyclic amines) is 1. The van der Waals surface area contributed by atoms with E-state index in [1.807, 2.05) is 24.0 Å². The first kappa shape index (κ1) is 14.1. The molecule has 4 rings (SSSR count). The number of rotatable bonds is 2. The molecule has 0 aliphatic carbocycles. The Hall–Kier alpha value is -2.56. The number of benzene rings is 1. The lowest BCUT2D eigenvalue weighted by atomic mass is 10.1. The van der Waals surface area contributed by atoms with Crippen LogP contribution in [-0.4, -0.2) is 28.9 Å². The van der Waals surface area contributed by atoms with Crippen molar-refractivity contribution >= 4 is 16.8 Å². The molecule has 0 saturated carbocycles. The summed E-state index contributed by atoms with van der Waals surface area (Å²) >= 11 is 0. The number of H-pyrrole nitrogens is 1. The SMILES string of the molecule is Cc1[nH]c2ccc(F)cc2c1C(=O)N1CCC(c2ccco2)C1. The number of amides is 1. The van der Waals surface area contributed by atoms with Crippen molar-refractivity contribution in [3.8, 4) is 0 Å². The Morgan fingerprint density at radius 2 is 2.26 bits per heavy atom. The minimum atomic E-state index is -0.333. The van der Waals surface area contributed by atoms with Gasteiger partial charge in [0.1, 0.15) is 11.6 Å². The quantitative estimate of drug-likeness (QED) is 0.781. The molecule has 0 spiro atoms. The van der Waals surface area contributed by atoms with Gasteiger partial charge in [-0.05, 0) is 43.7 Å². The standard InChI is InChI=1S/C18H17FN2O2/c1-11-17(14-9-13(19)4-5-15(14)20-11)18(22)21-7-6-12(10-21)16-3-2-8-23-16/h2-5,8-9,12,20H,6-7,10H2,1H3. The number of hydrogen-bond acceptors (Lipinski definition) is 2. The van der Waals surface area contributed by atoms with Gasteiger partial charge in [-0.1, -0.05) is 0 Å². The molecule has 1 unspecified atom stereocenters. The Morgan fingerprint density at radius 3 is 3.04 bits per heavy atom. The monoisotopic (exact) mass is 312 g/mol. The molecule has 4 nitrogen and oxygen atoms in total. The van der Waals surface area contributed by atoms with Gasteiger partial charge in [0, 0.05) is 35.6 Å². The van der Waals surface area contributed by atoms with Gasteiger partial charge in [0.2, 0.25) is 0 Å². The zero-order valence-electron chi connectivity index (χ0n) is 12.8. The molecular weight excluding hydrogens is 295 g/mol. The molecule has 1 fully saturated rings. The van der Waals surface area contributed by atoms with E-state index in [-0.39, 0.29) is 17.6 Å². The summed E-state index contributed by atoms with van der Waals surface area (Å²) in [6, 6.07) is 8.31. The Morgan fingerprint density at radius 1 is 1.39 bits per heavy atom. The lowest BCUT2D eigenvalue weighted by Crippen LogP contribution is -2.28. The summed E-state index contributed by atoms with van der Waals surface area (Å²) in [7, 11) is 0. The van der Waals surface area contributed by atoms with Crippen LogP contribution < -0.4 is 0 Å². The summed E-state index contributed by atoms with van der Waals surface area (Å²) in [6.45, 7) is 3.17. The predicted octanol–water partition coefficient (Wildman–Crippen LogP) is 3.84. The van der Waals surface area contributed by atoms with E-state index < -0.39 is 0 Å². The number of nitrogens with zero attached hydrogens (tertiary/aromatic N) is 1. The van der Waals surface area contributed by atoms with Crippen LogP contribution in [0.3, 0.4) is 0 Å². The fraction of sp³-hybridized carbons (Fsp3) is 0.278. The Labute approximate surface area is 132 Å². The van der Waals surface area contributed by atoms with Gasteiger partial charge in [0.05, 0.1) is 11.8 Å². The first-order valence-corrected chi connectivity index (χ1v) is 7.74. The first-order valence-electron chi connectivity index (χ1n) is 7.74. The number of aryl methyl sites for hydroxylation is 1. The number of hydrogen-bond donors (Lipinski definition) is 1. The van der Waals surface area contributed by atoms with Crippen molar-refractivity contribution in [2.75, 3.05) is 13.1 Å². The summed E-state index contributed by atoms with van der Waals surface area (Å²) in [5.74, 6) is 0.770. The molecule has 3 heterocycles. The second-order valence-corrected chi connectivity index (χ2v) is 6.07. The second kappa shape index (κ2) is 5.26. The Bertz CT molecular complexity index is 867. The maximum Gasteiger partial charge on any atom is 0.256 e. The zero-order valence-corrected chi connectivity index (χ0v) is 12.8. The van der Waals surface area contributed by atoms with Crippen molar-refractivity contribution in [1.29, 1.82) is 0 Å². The Kier molecular flexibility index (Phi) is 3.22. The van der Waals surface area contributed by atoms with E-state index in [4.69, 9.17) is 4.42 Å². The molecule has 1 saturated heterocycles.